The van der Waals surface area contributed by atoms with Crippen molar-refractivity contribution in [3.05, 3.63) is 69.0 Å². The molecule has 166 valence electrons. The molecule has 1 aliphatic heterocycles. The number of ether oxygens (including phenoxy) is 1. The Morgan fingerprint density at radius 3 is 2.81 bits per heavy atom. The Labute approximate surface area is 187 Å². The van der Waals surface area contributed by atoms with Crippen LogP contribution in [0.5, 0.6) is 0 Å². The fourth-order valence-electron chi connectivity index (χ4n) is 3.67. The Morgan fingerprint density at radius 1 is 1.28 bits per heavy atom. The van der Waals surface area contributed by atoms with Gasteiger partial charge in [-0.05, 0) is 42.5 Å². The number of nitrogens with zero attached hydrogens (tertiary/aromatic N) is 2. The summed E-state index contributed by atoms with van der Waals surface area (Å²) in [5.41, 5.74) is 0.349. The predicted octanol–water partition coefficient (Wildman–Crippen LogP) is 2.16. The number of rotatable bonds is 4. The number of benzene rings is 2. The van der Waals surface area contributed by atoms with Crippen LogP contribution in [-0.2, 0) is 9.53 Å². The van der Waals surface area contributed by atoms with E-state index < -0.39 is 11.4 Å². The lowest BCUT2D eigenvalue weighted by molar-refractivity contribution is -0.120. The Morgan fingerprint density at radius 2 is 2.06 bits per heavy atom. The Kier molecular flexibility index (Phi) is 6.15. The van der Waals surface area contributed by atoms with Crippen LogP contribution in [0.3, 0.4) is 0 Å². The van der Waals surface area contributed by atoms with E-state index >= 15 is 0 Å². The summed E-state index contributed by atoms with van der Waals surface area (Å²) in [7, 11) is 0. The molecule has 1 aliphatic rings. The molecule has 1 fully saturated rings. The zero-order chi connectivity index (χ0) is 22.8. The van der Waals surface area contributed by atoms with E-state index in [0.717, 1.165) is 4.57 Å². The normalized spacial score (nSPS) is 16.2. The first-order valence-electron chi connectivity index (χ1n) is 10.0. The van der Waals surface area contributed by atoms with Crippen molar-refractivity contribution in [1.82, 2.24) is 19.8 Å². The molecular weight excluding hydrogens is 435 g/mol. The first kappa shape index (κ1) is 21.8. The van der Waals surface area contributed by atoms with Crippen LogP contribution < -0.4 is 10.9 Å². The SMILES string of the molecule is CC(=O)NCC1CN(C(=O)c2ccc3c(=O)n(-c4ccccc4F)c(=S)[nH]c3c2)CCO1. The van der Waals surface area contributed by atoms with Crippen molar-refractivity contribution >= 4 is 34.9 Å². The second kappa shape index (κ2) is 9.01. The number of carbonyl (C=O) groups is 2. The van der Waals surface area contributed by atoms with E-state index in [1.54, 1.807) is 23.1 Å². The van der Waals surface area contributed by atoms with Gasteiger partial charge < -0.3 is 19.9 Å². The van der Waals surface area contributed by atoms with E-state index in [0.29, 0.717) is 37.3 Å². The molecule has 0 radical (unpaired) electrons. The molecule has 1 saturated heterocycles. The molecule has 32 heavy (non-hydrogen) atoms. The molecular formula is C22H21FN4O4S. The molecule has 0 aliphatic carbocycles. The van der Waals surface area contributed by atoms with Gasteiger partial charge in [-0.15, -0.1) is 0 Å². The number of fused-ring (bicyclic) bond motifs is 1. The number of H-pyrrole nitrogens is 1. The minimum atomic E-state index is -0.568. The van der Waals surface area contributed by atoms with Gasteiger partial charge in [-0.3, -0.25) is 14.4 Å². The highest BCUT2D eigenvalue weighted by atomic mass is 32.1. The molecule has 1 aromatic heterocycles. The van der Waals surface area contributed by atoms with Crippen LogP contribution in [0, 0.1) is 10.6 Å². The molecule has 0 saturated carbocycles. The summed E-state index contributed by atoms with van der Waals surface area (Å²) in [5.74, 6) is -0.954. The minimum Gasteiger partial charge on any atom is -0.373 e. The first-order valence-corrected chi connectivity index (χ1v) is 10.5. The third-order valence-corrected chi connectivity index (χ3v) is 5.53. The predicted molar refractivity (Wildman–Crippen MR) is 119 cm³/mol. The summed E-state index contributed by atoms with van der Waals surface area (Å²) >= 11 is 5.30. The smallest absolute Gasteiger partial charge is 0.266 e. The fraction of sp³-hybridized carbons (Fsp3) is 0.273. The van der Waals surface area contributed by atoms with Crippen LogP contribution in [0.15, 0.2) is 47.3 Å². The zero-order valence-corrected chi connectivity index (χ0v) is 18.1. The van der Waals surface area contributed by atoms with Crippen LogP contribution in [-0.4, -0.2) is 58.6 Å². The van der Waals surface area contributed by atoms with Crippen molar-refractivity contribution in [2.75, 3.05) is 26.2 Å². The number of halogens is 1. The maximum Gasteiger partial charge on any atom is 0.266 e. The molecule has 2 N–H and O–H groups in total. The van der Waals surface area contributed by atoms with Gasteiger partial charge in [0, 0.05) is 32.1 Å². The maximum atomic E-state index is 14.2. The fourth-order valence-corrected chi connectivity index (χ4v) is 3.96. The lowest BCUT2D eigenvalue weighted by atomic mass is 10.1. The van der Waals surface area contributed by atoms with Gasteiger partial charge >= 0.3 is 0 Å². The van der Waals surface area contributed by atoms with E-state index in [2.05, 4.69) is 10.3 Å². The minimum absolute atomic E-state index is 0.0268. The number of para-hydroxylation sites is 1. The molecule has 8 nitrogen and oxygen atoms in total. The summed E-state index contributed by atoms with van der Waals surface area (Å²) in [5, 5.41) is 2.97. The molecule has 0 bridgehead atoms. The highest BCUT2D eigenvalue weighted by Crippen LogP contribution is 2.17. The van der Waals surface area contributed by atoms with Crippen LogP contribution in [0.1, 0.15) is 17.3 Å². The van der Waals surface area contributed by atoms with E-state index in [-0.39, 0.29) is 33.8 Å². The van der Waals surface area contributed by atoms with Gasteiger partial charge in [0.05, 0.1) is 29.3 Å². The van der Waals surface area contributed by atoms with E-state index in [1.165, 1.54) is 31.2 Å². The van der Waals surface area contributed by atoms with Crippen molar-refractivity contribution in [2.24, 2.45) is 0 Å². The van der Waals surface area contributed by atoms with Crippen LogP contribution in [0.4, 0.5) is 4.39 Å². The molecule has 1 unspecified atom stereocenters. The van der Waals surface area contributed by atoms with Crippen molar-refractivity contribution in [3.8, 4) is 5.69 Å². The van der Waals surface area contributed by atoms with Gasteiger partial charge in [0.2, 0.25) is 5.91 Å². The van der Waals surface area contributed by atoms with Crippen molar-refractivity contribution in [3.63, 3.8) is 0 Å². The number of aromatic nitrogens is 2. The Balaban J connectivity index is 1.64. The number of nitrogens with one attached hydrogen (secondary N) is 2. The average Bonchev–Trinajstić information content (AvgIpc) is 2.78. The van der Waals surface area contributed by atoms with Gasteiger partial charge in [-0.25, -0.2) is 8.96 Å². The molecule has 1 atom stereocenters. The van der Waals surface area contributed by atoms with Crippen molar-refractivity contribution in [2.45, 2.75) is 13.0 Å². The lowest BCUT2D eigenvalue weighted by Crippen LogP contribution is -2.49. The van der Waals surface area contributed by atoms with Gasteiger partial charge in [-0.1, -0.05) is 12.1 Å². The van der Waals surface area contributed by atoms with Crippen LogP contribution >= 0.6 is 12.2 Å². The molecule has 2 aromatic carbocycles. The second-order valence-corrected chi connectivity index (χ2v) is 7.85. The largest absolute Gasteiger partial charge is 0.373 e. The monoisotopic (exact) mass is 456 g/mol. The van der Waals surface area contributed by atoms with Crippen LogP contribution in [0.25, 0.3) is 16.6 Å². The highest BCUT2D eigenvalue weighted by molar-refractivity contribution is 7.71. The van der Waals surface area contributed by atoms with Gasteiger partial charge in [0.15, 0.2) is 4.77 Å². The Bertz CT molecular complexity index is 1320. The van der Waals surface area contributed by atoms with Crippen LogP contribution in [0.2, 0.25) is 0 Å². The average molecular weight is 456 g/mol. The summed E-state index contributed by atoms with van der Waals surface area (Å²) < 4.78 is 21.0. The third-order valence-electron chi connectivity index (χ3n) is 5.24. The van der Waals surface area contributed by atoms with E-state index in [1.807, 2.05) is 0 Å². The molecule has 2 heterocycles. The van der Waals surface area contributed by atoms with Gasteiger partial charge in [0.25, 0.3) is 11.5 Å². The van der Waals surface area contributed by atoms with Gasteiger partial charge in [0.1, 0.15) is 5.82 Å². The van der Waals surface area contributed by atoms with Gasteiger partial charge in [-0.2, -0.15) is 0 Å². The molecule has 0 spiro atoms. The van der Waals surface area contributed by atoms with Crippen molar-refractivity contribution in [1.29, 1.82) is 0 Å². The maximum absolute atomic E-state index is 14.2. The highest BCUT2D eigenvalue weighted by Gasteiger charge is 2.25. The Hall–Kier alpha value is -3.37. The lowest BCUT2D eigenvalue weighted by Gasteiger charge is -2.33. The molecule has 3 aromatic rings. The third kappa shape index (κ3) is 4.32. The number of amides is 2. The molecule has 2 amide bonds. The molecule has 4 rings (SSSR count). The topological polar surface area (TPSA) is 96.4 Å². The summed E-state index contributed by atoms with van der Waals surface area (Å²) in [4.78, 5) is 41.8. The number of hydrogen-bond acceptors (Lipinski definition) is 5. The van der Waals surface area contributed by atoms with E-state index in [4.69, 9.17) is 17.0 Å². The quantitative estimate of drug-likeness (QED) is 0.587. The van der Waals surface area contributed by atoms with E-state index in [9.17, 15) is 18.8 Å². The standard InChI is InChI=1S/C22H21FN4O4S/c1-13(28)24-11-15-12-26(8-9-31-15)20(29)14-6-7-16-18(10-14)25-22(32)27(21(16)30)19-5-3-2-4-17(19)23/h2-7,10,15H,8-9,11-12H2,1H3,(H,24,28)(H,25,32). The summed E-state index contributed by atoms with van der Waals surface area (Å²) in [6.07, 6.45) is -0.296. The molecule has 10 heteroatoms. The number of morpholine rings is 1. The summed E-state index contributed by atoms with van der Waals surface area (Å²) in [6, 6.07) is 10.5. The summed E-state index contributed by atoms with van der Waals surface area (Å²) in [6.45, 7) is 2.85. The van der Waals surface area contributed by atoms with Crippen molar-refractivity contribution < 1.29 is 18.7 Å². The second-order valence-electron chi connectivity index (χ2n) is 7.46. The number of aromatic amines is 1. The number of carbonyl (C=O) groups excluding carboxylic acids is 2. The number of hydrogen-bond donors (Lipinski definition) is 2. The zero-order valence-electron chi connectivity index (χ0n) is 17.3. The first-order chi connectivity index (χ1) is 15.3.